The zero-order valence-corrected chi connectivity index (χ0v) is 18.8. The molecule has 0 aliphatic heterocycles. The lowest BCUT2D eigenvalue weighted by Crippen LogP contribution is -2.37. The van der Waals surface area contributed by atoms with Gasteiger partial charge in [0.1, 0.15) is 18.0 Å². The molecule has 0 aromatic heterocycles. The zero-order valence-electron chi connectivity index (χ0n) is 17.2. The fourth-order valence-corrected chi connectivity index (χ4v) is 3.74. The van der Waals surface area contributed by atoms with Crippen molar-refractivity contribution < 1.29 is 32.2 Å². The van der Waals surface area contributed by atoms with Crippen molar-refractivity contribution in [3.8, 4) is 23.0 Å². The summed E-state index contributed by atoms with van der Waals surface area (Å²) in [5.41, 5.74) is 0.524. The third-order valence-corrected chi connectivity index (χ3v) is 5.53. The maximum atomic E-state index is 12.7. The van der Waals surface area contributed by atoms with Gasteiger partial charge in [-0.3, -0.25) is 9.10 Å². The van der Waals surface area contributed by atoms with Crippen LogP contribution in [0.15, 0.2) is 30.3 Å². The van der Waals surface area contributed by atoms with Gasteiger partial charge in [-0.1, -0.05) is 11.6 Å². The molecule has 0 heterocycles. The van der Waals surface area contributed by atoms with Gasteiger partial charge in [-0.2, -0.15) is 0 Å². The first-order valence-electron chi connectivity index (χ1n) is 8.55. The second kappa shape index (κ2) is 9.77. The molecule has 0 unspecified atom stereocenters. The molecule has 2 aromatic carbocycles. The van der Waals surface area contributed by atoms with E-state index in [1.165, 1.54) is 52.7 Å². The Morgan fingerprint density at radius 2 is 1.53 bits per heavy atom. The Morgan fingerprint density at radius 1 is 0.933 bits per heavy atom. The van der Waals surface area contributed by atoms with E-state index in [-0.39, 0.29) is 11.4 Å². The average molecular weight is 459 g/mol. The fraction of sp³-hybridized carbons (Fsp3) is 0.316. The molecule has 1 amide bonds. The van der Waals surface area contributed by atoms with Gasteiger partial charge in [0.15, 0.2) is 11.5 Å². The van der Waals surface area contributed by atoms with Gasteiger partial charge >= 0.3 is 0 Å². The summed E-state index contributed by atoms with van der Waals surface area (Å²) in [6, 6.07) is 7.51. The van der Waals surface area contributed by atoms with Gasteiger partial charge in [-0.15, -0.1) is 0 Å². The van der Waals surface area contributed by atoms with Crippen LogP contribution in [0, 0.1) is 0 Å². The van der Waals surface area contributed by atoms with Crippen molar-refractivity contribution in [2.24, 2.45) is 0 Å². The maximum absolute atomic E-state index is 12.7. The number of benzene rings is 2. The van der Waals surface area contributed by atoms with Crippen molar-refractivity contribution in [2.45, 2.75) is 0 Å². The number of hydrogen-bond acceptors (Lipinski definition) is 7. The summed E-state index contributed by atoms with van der Waals surface area (Å²) in [5, 5.41) is 2.92. The fourth-order valence-electron chi connectivity index (χ4n) is 2.66. The first kappa shape index (κ1) is 23.4. The van der Waals surface area contributed by atoms with Crippen molar-refractivity contribution in [3.63, 3.8) is 0 Å². The largest absolute Gasteiger partial charge is 0.495 e. The van der Waals surface area contributed by atoms with E-state index in [1.54, 1.807) is 6.07 Å². The highest BCUT2D eigenvalue weighted by atomic mass is 35.5. The van der Waals surface area contributed by atoms with E-state index in [1.807, 2.05) is 0 Å². The molecular formula is C19H23ClN2O7S. The number of nitrogens with one attached hydrogen (secondary N) is 1. The predicted molar refractivity (Wildman–Crippen MR) is 115 cm³/mol. The van der Waals surface area contributed by atoms with Crippen LogP contribution >= 0.6 is 11.6 Å². The molecule has 164 valence electrons. The van der Waals surface area contributed by atoms with Crippen LogP contribution in [0.2, 0.25) is 5.02 Å². The number of rotatable bonds is 9. The highest BCUT2D eigenvalue weighted by molar-refractivity contribution is 7.92. The van der Waals surface area contributed by atoms with E-state index >= 15 is 0 Å². The Bertz CT molecular complexity index is 1030. The van der Waals surface area contributed by atoms with Crippen molar-refractivity contribution in [3.05, 3.63) is 35.4 Å². The topological polar surface area (TPSA) is 103 Å². The Balaban J connectivity index is 2.34. The van der Waals surface area contributed by atoms with Gasteiger partial charge in [0, 0.05) is 18.2 Å². The van der Waals surface area contributed by atoms with Gasteiger partial charge < -0.3 is 24.3 Å². The summed E-state index contributed by atoms with van der Waals surface area (Å²) >= 11 is 6.07. The molecular weight excluding hydrogens is 436 g/mol. The first-order chi connectivity index (χ1) is 14.1. The van der Waals surface area contributed by atoms with Crippen LogP contribution < -0.4 is 28.6 Å². The summed E-state index contributed by atoms with van der Waals surface area (Å²) in [5.74, 6) is 0.780. The van der Waals surface area contributed by atoms with E-state index in [4.69, 9.17) is 30.5 Å². The molecule has 0 aliphatic carbocycles. The van der Waals surface area contributed by atoms with Crippen molar-refractivity contribution in [1.29, 1.82) is 0 Å². The number of nitrogens with zero attached hydrogens (tertiary/aromatic N) is 1. The normalized spacial score (nSPS) is 10.9. The van der Waals surface area contributed by atoms with Crippen LogP contribution in [0.5, 0.6) is 23.0 Å². The van der Waals surface area contributed by atoms with Gasteiger partial charge in [0.2, 0.25) is 15.9 Å². The predicted octanol–water partition coefficient (Wildman–Crippen LogP) is 2.78. The molecule has 0 saturated heterocycles. The summed E-state index contributed by atoms with van der Waals surface area (Å²) in [7, 11) is 1.96. The van der Waals surface area contributed by atoms with E-state index in [0.717, 1.165) is 10.6 Å². The highest BCUT2D eigenvalue weighted by Gasteiger charge is 2.23. The van der Waals surface area contributed by atoms with Crippen LogP contribution in [-0.2, 0) is 14.8 Å². The van der Waals surface area contributed by atoms with Crippen molar-refractivity contribution in [2.75, 3.05) is 50.9 Å². The second-order valence-electron chi connectivity index (χ2n) is 6.04. The lowest BCUT2D eigenvalue weighted by atomic mass is 10.2. The molecule has 0 saturated carbocycles. The number of carbonyl (C=O) groups is 1. The molecule has 0 fully saturated rings. The SMILES string of the molecule is COc1cc(NC(=O)CN(c2ccc(OC)c(OC)c2)S(C)(=O)=O)c(OC)cc1Cl. The van der Waals surface area contributed by atoms with Gasteiger partial charge in [-0.05, 0) is 12.1 Å². The Labute approximate surface area is 180 Å². The summed E-state index contributed by atoms with van der Waals surface area (Å²) < 4.78 is 46.4. The Morgan fingerprint density at radius 3 is 2.07 bits per heavy atom. The van der Waals surface area contributed by atoms with Crippen LogP contribution in [0.3, 0.4) is 0 Å². The van der Waals surface area contributed by atoms with Gasteiger partial charge in [0.25, 0.3) is 0 Å². The van der Waals surface area contributed by atoms with Crippen molar-refractivity contribution >= 4 is 38.9 Å². The number of sulfonamides is 1. The lowest BCUT2D eigenvalue weighted by molar-refractivity contribution is -0.114. The number of methoxy groups -OCH3 is 4. The number of amides is 1. The number of carbonyl (C=O) groups excluding carboxylic acids is 1. The molecule has 30 heavy (non-hydrogen) atoms. The standard InChI is InChI=1S/C19H23ClN2O7S/c1-26-15-7-6-12(8-18(15)29-4)22(30(5,24)25)11-19(23)21-14-10-16(27-2)13(20)9-17(14)28-3/h6-10H,11H2,1-5H3,(H,21,23). The Kier molecular flexibility index (Phi) is 7.63. The Hall–Kier alpha value is -2.85. The number of anilines is 2. The zero-order chi connectivity index (χ0) is 22.5. The molecule has 0 radical (unpaired) electrons. The van der Waals surface area contributed by atoms with Crippen LogP contribution in [0.25, 0.3) is 0 Å². The average Bonchev–Trinajstić information content (AvgIpc) is 2.71. The van der Waals surface area contributed by atoms with E-state index in [9.17, 15) is 13.2 Å². The lowest BCUT2D eigenvalue weighted by Gasteiger charge is -2.23. The van der Waals surface area contributed by atoms with Crippen molar-refractivity contribution in [1.82, 2.24) is 0 Å². The molecule has 0 bridgehead atoms. The molecule has 9 nitrogen and oxygen atoms in total. The highest BCUT2D eigenvalue weighted by Crippen LogP contribution is 2.36. The summed E-state index contributed by atoms with van der Waals surface area (Å²) in [4.78, 5) is 12.7. The van der Waals surface area contributed by atoms with Crippen LogP contribution in [0.1, 0.15) is 0 Å². The molecule has 0 atom stereocenters. The van der Waals surface area contributed by atoms with Crippen LogP contribution in [-0.4, -0.2) is 55.6 Å². The minimum absolute atomic E-state index is 0.242. The number of halogens is 1. The summed E-state index contributed by atoms with van der Waals surface area (Å²) in [6.07, 6.45) is 1.00. The van der Waals surface area contributed by atoms with Gasteiger partial charge in [0.05, 0.1) is 51.1 Å². The van der Waals surface area contributed by atoms with E-state index < -0.39 is 22.5 Å². The molecule has 2 rings (SSSR count). The first-order valence-corrected chi connectivity index (χ1v) is 10.8. The van der Waals surface area contributed by atoms with E-state index in [0.29, 0.717) is 28.0 Å². The minimum atomic E-state index is -3.79. The monoisotopic (exact) mass is 458 g/mol. The quantitative estimate of drug-likeness (QED) is 0.616. The molecule has 0 spiro atoms. The number of ether oxygens (including phenoxy) is 4. The minimum Gasteiger partial charge on any atom is -0.495 e. The molecule has 0 aliphatic rings. The van der Waals surface area contributed by atoms with Crippen LogP contribution in [0.4, 0.5) is 11.4 Å². The molecule has 1 N–H and O–H groups in total. The molecule has 11 heteroatoms. The second-order valence-corrected chi connectivity index (χ2v) is 8.36. The number of hydrogen-bond donors (Lipinski definition) is 1. The smallest absolute Gasteiger partial charge is 0.245 e. The third-order valence-electron chi connectivity index (χ3n) is 4.09. The van der Waals surface area contributed by atoms with Gasteiger partial charge in [-0.25, -0.2) is 8.42 Å². The maximum Gasteiger partial charge on any atom is 0.245 e. The molecule has 2 aromatic rings. The third kappa shape index (κ3) is 5.39. The summed E-state index contributed by atoms with van der Waals surface area (Å²) in [6.45, 7) is -0.484. The van der Waals surface area contributed by atoms with E-state index in [2.05, 4.69) is 5.32 Å².